The van der Waals surface area contributed by atoms with E-state index in [2.05, 4.69) is 10.3 Å². The Kier molecular flexibility index (Phi) is 6.70. The number of likely N-dealkylation sites (tertiary alicyclic amines) is 1. The van der Waals surface area contributed by atoms with E-state index in [4.69, 9.17) is 4.74 Å². The van der Waals surface area contributed by atoms with Crippen molar-refractivity contribution in [3.8, 4) is 0 Å². The number of nitrogens with one attached hydrogen (secondary N) is 1. The van der Waals surface area contributed by atoms with Gasteiger partial charge in [0.2, 0.25) is 5.91 Å². The Hall–Kier alpha value is -3.40. The molecule has 3 saturated heterocycles. The smallest absolute Gasteiger partial charge is 0.325 e. The van der Waals surface area contributed by atoms with Gasteiger partial charge in [-0.05, 0) is 43.9 Å². The predicted octanol–water partition coefficient (Wildman–Crippen LogP) is 2.77. The maximum atomic E-state index is 14.1. The van der Waals surface area contributed by atoms with Crippen LogP contribution in [0.15, 0.2) is 42.6 Å². The zero-order chi connectivity index (χ0) is 25.3. The van der Waals surface area contributed by atoms with Crippen LogP contribution in [0.25, 0.3) is 0 Å². The van der Waals surface area contributed by atoms with Crippen LogP contribution in [0.2, 0.25) is 0 Å². The third-order valence-corrected chi connectivity index (χ3v) is 7.44. The van der Waals surface area contributed by atoms with Crippen molar-refractivity contribution in [1.29, 1.82) is 0 Å². The number of halogens is 2. The molecule has 2 aromatic rings. The molecule has 0 unspecified atom stereocenters. The summed E-state index contributed by atoms with van der Waals surface area (Å²) in [6.45, 7) is 1.45. The Morgan fingerprint density at radius 3 is 2.61 bits per heavy atom. The van der Waals surface area contributed by atoms with Gasteiger partial charge in [-0.15, -0.1) is 0 Å². The zero-order valence-electron chi connectivity index (χ0n) is 19.8. The van der Waals surface area contributed by atoms with Crippen molar-refractivity contribution in [2.24, 2.45) is 5.92 Å². The number of imide groups is 1. The molecule has 4 heterocycles. The van der Waals surface area contributed by atoms with Gasteiger partial charge in [-0.1, -0.05) is 18.2 Å². The van der Waals surface area contributed by atoms with Crippen molar-refractivity contribution < 1.29 is 27.9 Å². The molecule has 36 heavy (non-hydrogen) atoms. The fraction of sp³-hybridized carbons (Fsp3) is 0.462. The van der Waals surface area contributed by atoms with Crippen LogP contribution < -0.4 is 5.32 Å². The van der Waals surface area contributed by atoms with Crippen molar-refractivity contribution in [2.75, 3.05) is 26.2 Å². The molecule has 0 radical (unpaired) electrons. The topological polar surface area (TPSA) is 91.8 Å². The van der Waals surface area contributed by atoms with Crippen molar-refractivity contribution in [3.63, 3.8) is 0 Å². The number of hydrogen-bond donors (Lipinski definition) is 1. The molecule has 190 valence electrons. The minimum Gasteiger partial charge on any atom is -0.376 e. The molecule has 5 rings (SSSR count). The van der Waals surface area contributed by atoms with Gasteiger partial charge >= 0.3 is 6.03 Å². The maximum absolute atomic E-state index is 14.1. The second-order valence-corrected chi connectivity index (χ2v) is 9.55. The molecule has 1 aromatic heterocycles. The van der Waals surface area contributed by atoms with Gasteiger partial charge in [0, 0.05) is 37.4 Å². The molecule has 3 aliphatic rings. The molecule has 0 spiro atoms. The second kappa shape index (κ2) is 9.93. The van der Waals surface area contributed by atoms with E-state index in [0.29, 0.717) is 38.2 Å². The number of ether oxygens (including phenoxy) is 1. The normalized spacial score (nSPS) is 24.9. The number of aromatic nitrogens is 1. The summed E-state index contributed by atoms with van der Waals surface area (Å²) >= 11 is 0. The molecule has 3 aliphatic heterocycles. The summed E-state index contributed by atoms with van der Waals surface area (Å²) in [7, 11) is 0. The average molecular weight is 499 g/mol. The lowest BCUT2D eigenvalue weighted by Gasteiger charge is -2.40. The van der Waals surface area contributed by atoms with Crippen molar-refractivity contribution >= 4 is 17.8 Å². The molecular weight excluding hydrogens is 470 g/mol. The van der Waals surface area contributed by atoms with E-state index in [-0.39, 0.29) is 42.4 Å². The lowest BCUT2D eigenvalue weighted by Crippen LogP contribution is -2.55. The third-order valence-electron chi connectivity index (χ3n) is 7.44. The summed E-state index contributed by atoms with van der Waals surface area (Å²) < 4.78 is 33.2. The first-order valence-electron chi connectivity index (χ1n) is 12.3. The quantitative estimate of drug-likeness (QED) is 0.619. The number of benzene rings is 1. The first-order chi connectivity index (χ1) is 17.4. The molecule has 0 bridgehead atoms. The van der Waals surface area contributed by atoms with Gasteiger partial charge in [0.25, 0.3) is 5.91 Å². The van der Waals surface area contributed by atoms with E-state index in [1.165, 1.54) is 17.0 Å². The molecule has 1 N–H and O–H groups in total. The number of carbonyl (C=O) groups is 3. The molecule has 3 fully saturated rings. The highest BCUT2D eigenvalue weighted by Gasteiger charge is 2.58. The van der Waals surface area contributed by atoms with Crippen LogP contribution in [-0.4, -0.2) is 65.0 Å². The fourth-order valence-corrected chi connectivity index (χ4v) is 5.53. The molecule has 10 heteroatoms. The zero-order valence-corrected chi connectivity index (χ0v) is 19.8. The Morgan fingerprint density at radius 1 is 1.11 bits per heavy atom. The summed E-state index contributed by atoms with van der Waals surface area (Å²) in [5, 5.41) is 2.95. The van der Waals surface area contributed by atoms with Gasteiger partial charge in [-0.2, -0.15) is 0 Å². The molecule has 2 atom stereocenters. The van der Waals surface area contributed by atoms with Gasteiger partial charge in [0.05, 0.1) is 24.8 Å². The van der Waals surface area contributed by atoms with Crippen LogP contribution in [0.5, 0.6) is 0 Å². The largest absolute Gasteiger partial charge is 0.376 e. The summed E-state index contributed by atoms with van der Waals surface area (Å²) in [5.74, 6) is -2.96. The lowest BCUT2D eigenvalue weighted by molar-refractivity contribution is -0.137. The Labute approximate surface area is 207 Å². The lowest BCUT2D eigenvalue weighted by atomic mass is 9.75. The van der Waals surface area contributed by atoms with Gasteiger partial charge in [-0.3, -0.25) is 19.5 Å². The van der Waals surface area contributed by atoms with Crippen molar-refractivity contribution in [2.45, 2.75) is 43.7 Å². The maximum Gasteiger partial charge on any atom is 0.325 e. The Bertz CT molecular complexity index is 1150. The standard InChI is InChI=1S/C26H28F2N4O4/c27-20-7-3-5-17(23(20)28)15-22(33)31-12-9-18(10-13-31)26(21-8-1-2-11-29-21)24(34)32(25(35)30-26)16-19-6-4-14-36-19/h1-3,5,7-8,11,18-19H,4,6,9-10,12-16H2,(H,30,35)/t19-,26+/m0/s1. The number of rotatable bonds is 6. The van der Waals surface area contributed by atoms with Gasteiger partial charge in [0.15, 0.2) is 17.2 Å². The highest BCUT2D eigenvalue weighted by Crippen LogP contribution is 2.41. The number of nitrogens with zero attached hydrogens (tertiary/aromatic N) is 3. The number of urea groups is 1. The van der Waals surface area contributed by atoms with Crippen molar-refractivity contribution in [3.05, 3.63) is 65.5 Å². The first kappa shape index (κ1) is 24.3. The predicted molar refractivity (Wildman–Crippen MR) is 124 cm³/mol. The van der Waals surface area contributed by atoms with Crippen LogP contribution in [-0.2, 0) is 26.3 Å². The molecule has 1 aromatic carbocycles. The minimum atomic E-state index is -1.33. The fourth-order valence-electron chi connectivity index (χ4n) is 5.53. The molecule has 8 nitrogen and oxygen atoms in total. The van der Waals surface area contributed by atoms with Crippen LogP contribution in [0, 0.1) is 17.6 Å². The van der Waals surface area contributed by atoms with E-state index in [1.807, 2.05) is 0 Å². The monoisotopic (exact) mass is 498 g/mol. The molecular formula is C26H28F2N4O4. The number of pyridine rings is 1. The molecule has 4 amide bonds. The van der Waals surface area contributed by atoms with Crippen LogP contribution >= 0.6 is 0 Å². The second-order valence-electron chi connectivity index (χ2n) is 9.55. The van der Waals surface area contributed by atoms with Crippen LogP contribution in [0.3, 0.4) is 0 Å². The Morgan fingerprint density at radius 2 is 1.92 bits per heavy atom. The number of carbonyl (C=O) groups excluding carboxylic acids is 3. The Balaban J connectivity index is 1.33. The average Bonchev–Trinajstić information content (AvgIpc) is 3.50. The summed E-state index contributed by atoms with van der Waals surface area (Å²) in [4.78, 5) is 47.0. The summed E-state index contributed by atoms with van der Waals surface area (Å²) in [6, 6.07) is 8.57. The van der Waals surface area contributed by atoms with E-state index in [0.717, 1.165) is 18.9 Å². The molecule has 0 saturated carbocycles. The van der Waals surface area contributed by atoms with E-state index >= 15 is 0 Å². The minimum absolute atomic E-state index is 0.00934. The first-order valence-corrected chi connectivity index (χ1v) is 12.3. The van der Waals surface area contributed by atoms with E-state index < -0.39 is 23.2 Å². The number of hydrogen-bond acceptors (Lipinski definition) is 5. The van der Waals surface area contributed by atoms with Crippen LogP contribution in [0.4, 0.5) is 13.6 Å². The number of amides is 4. The highest BCUT2D eigenvalue weighted by atomic mass is 19.2. The summed E-state index contributed by atoms with van der Waals surface area (Å²) in [5.41, 5.74) is -0.860. The third kappa shape index (κ3) is 4.34. The van der Waals surface area contributed by atoms with E-state index in [9.17, 15) is 23.2 Å². The van der Waals surface area contributed by atoms with Crippen molar-refractivity contribution in [1.82, 2.24) is 20.1 Å². The highest BCUT2D eigenvalue weighted by molar-refractivity contribution is 6.07. The summed E-state index contributed by atoms with van der Waals surface area (Å²) in [6.07, 6.45) is 3.73. The van der Waals surface area contributed by atoms with Crippen LogP contribution in [0.1, 0.15) is 36.9 Å². The number of piperidine rings is 1. The molecule has 0 aliphatic carbocycles. The van der Waals surface area contributed by atoms with Gasteiger partial charge in [0.1, 0.15) is 0 Å². The van der Waals surface area contributed by atoms with Gasteiger partial charge in [-0.25, -0.2) is 13.6 Å². The van der Waals surface area contributed by atoms with Gasteiger partial charge < -0.3 is 15.0 Å². The SMILES string of the molecule is O=C(Cc1cccc(F)c1F)N1CCC([C@]2(c3ccccn3)NC(=O)N(C[C@@H]3CCCO3)C2=O)CC1. The van der Waals surface area contributed by atoms with E-state index in [1.54, 1.807) is 29.3 Å².